The lowest BCUT2D eigenvalue weighted by molar-refractivity contribution is -0.133. The summed E-state index contributed by atoms with van der Waals surface area (Å²) in [6.45, 7) is 4.33. The van der Waals surface area contributed by atoms with Crippen molar-refractivity contribution in [2.45, 2.75) is 33.0 Å². The number of benzene rings is 2. The fourth-order valence-corrected chi connectivity index (χ4v) is 2.84. The molecule has 1 N–H and O–H groups in total. The molecule has 2 aromatic carbocycles. The molecule has 0 aliphatic rings. The van der Waals surface area contributed by atoms with E-state index in [1.165, 1.54) is 0 Å². The van der Waals surface area contributed by atoms with Crippen LogP contribution in [-0.2, 0) is 22.7 Å². The molecule has 2 aromatic rings. The highest BCUT2D eigenvalue weighted by atomic mass is 35.5. The van der Waals surface area contributed by atoms with Crippen molar-refractivity contribution < 1.29 is 14.3 Å². The Bertz CT molecular complexity index is 765. The van der Waals surface area contributed by atoms with Crippen LogP contribution in [0.3, 0.4) is 0 Å². The molecular weight excluding hydrogens is 364 g/mol. The molecule has 0 aliphatic carbocycles. The Kier molecular flexibility index (Phi) is 7.67. The van der Waals surface area contributed by atoms with E-state index in [9.17, 15) is 9.59 Å². The SMILES string of the molecule is CC(C)[C@H](NC(=O)OCc1ccccc1)C(=O)N(C)Cc1cccc(Cl)c1. The van der Waals surface area contributed by atoms with Crippen LogP contribution in [-0.4, -0.2) is 30.0 Å². The molecule has 6 heteroatoms. The molecule has 144 valence electrons. The Balaban J connectivity index is 1.94. The summed E-state index contributed by atoms with van der Waals surface area (Å²) in [6, 6.07) is 16.1. The largest absolute Gasteiger partial charge is 0.445 e. The fraction of sp³-hybridized carbons (Fsp3) is 0.333. The van der Waals surface area contributed by atoms with Crippen LogP contribution in [0.5, 0.6) is 0 Å². The number of hydrogen-bond donors (Lipinski definition) is 1. The minimum atomic E-state index is -0.669. The molecule has 0 bridgehead atoms. The Labute approximate surface area is 165 Å². The molecule has 27 heavy (non-hydrogen) atoms. The Hall–Kier alpha value is -2.53. The molecule has 0 saturated heterocycles. The molecule has 1 atom stereocenters. The van der Waals surface area contributed by atoms with Gasteiger partial charge in [-0.2, -0.15) is 0 Å². The molecule has 0 unspecified atom stereocenters. The summed E-state index contributed by atoms with van der Waals surface area (Å²) in [4.78, 5) is 26.5. The second-order valence-electron chi connectivity index (χ2n) is 6.75. The van der Waals surface area contributed by atoms with E-state index in [-0.39, 0.29) is 18.4 Å². The van der Waals surface area contributed by atoms with Gasteiger partial charge in [-0.3, -0.25) is 4.79 Å². The van der Waals surface area contributed by atoms with Gasteiger partial charge in [-0.25, -0.2) is 4.79 Å². The van der Waals surface area contributed by atoms with Gasteiger partial charge in [-0.05, 0) is 29.2 Å². The van der Waals surface area contributed by atoms with Crippen molar-refractivity contribution in [1.82, 2.24) is 10.2 Å². The Morgan fingerprint density at radius 1 is 1.07 bits per heavy atom. The third-order valence-corrected chi connectivity index (χ3v) is 4.34. The zero-order valence-electron chi connectivity index (χ0n) is 15.8. The van der Waals surface area contributed by atoms with Gasteiger partial charge in [0.1, 0.15) is 12.6 Å². The monoisotopic (exact) mass is 388 g/mol. The highest BCUT2D eigenvalue weighted by Crippen LogP contribution is 2.14. The number of carbonyl (C=O) groups is 2. The minimum Gasteiger partial charge on any atom is -0.445 e. The van der Waals surface area contributed by atoms with E-state index in [4.69, 9.17) is 16.3 Å². The lowest BCUT2D eigenvalue weighted by Crippen LogP contribution is -2.50. The lowest BCUT2D eigenvalue weighted by Gasteiger charge is -2.27. The molecule has 2 rings (SSSR count). The van der Waals surface area contributed by atoms with Crippen molar-refractivity contribution in [3.05, 3.63) is 70.7 Å². The van der Waals surface area contributed by atoms with Gasteiger partial charge in [0.25, 0.3) is 0 Å². The van der Waals surface area contributed by atoms with Gasteiger partial charge >= 0.3 is 6.09 Å². The van der Waals surface area contributed by atoms with Gasteiger partial charge in [-0.15, -0.1) is 0 Å². The fourth-order valence-electron chi connectivity index (χ4n) is 2.63. The Morgan fingerprint density at radius 2 is 1.74 bits per heavy atom. The predicted octanol–water partition coefficient (Wildman–Crippen LogP) is 4.25. The average molecular weight is 389 g/mol. The van der Waals surface area contributed by atoms with E-state index in [1.54, 1.807) is 18.0 Å². The molecule has 0 heterocycles. The second kappa shape index (κ2) is 9.97. The lowest BCUT2D eigenvalue weighted by atomic mass is 10.0. The van der Waals surface area contributed by atoms with E-state index in [2.05, 4.69) is 5.32 Å². The van der Waals surface area contributed by atoms with Gasteiger partial charge in [0.05, 0.1) is 0 Å². The van der Waals surface area contributed by atoms with Crippen molar-refractivity contribution in [3.8, 4) is 0 Å². The van der Waals surface area contributed by atoms with Gasteiger partial charge in [0, 0.05) is 18.6 Å². The molecule has 2 amide bonds. The summed E-state index contributed by atoms with van der Waals surface area (Å²) in [6.07, 6.45) is -0.609. The number of likely N-dealkylation sites (N-methyl/N-ethyl adjacent to an activating group) is 1. The van der Waals surface area contributed by atoms with Crippen LogP contribution >= 0.6 is 11.6 Å². The minimum absolute atomic E-state index is 0.0800. The third-order valence-electron chi connectivity index (χ3n) is 4.10. The summed E-state index contributed by atoms with van der Waals surface area (Å²) >= 11 is 6.00. The number of ether oxygens (including phenoxy) is 1. The summed E-state index contributed by atoms with van der Waals surface area (Å²) in [5.41, 5.74) is 1.81. The normalized spacial score (nSPS) is 11.7. The maximum atomic E-state index is 12.8. The first-order valence-corrected chi connectivity index (χ1v) is 9.21. The van der Waals surface area contributed by atoms with E-state index < -0.39 is 12.1 Å². The number of carbonyl (C=O) groups excluding carboxylic acids is 2. The molecule has 0 fully saturated rings. The molecule has 0 spiro atoms. The van der Waals surface area contributed by atoms with Crippen molar-refractivity contribution in [2.75, 3.05) is 7.05 Å². The van der Waals surface area contributed by atoms with Crippen LogP contribution in [0.4, 0.5) is 4.79 Å². The van der Waals surface area contributed by atoms with E-state index >= 15 is 0 Å². The summed E-state index contributed by atoms with van der Waals surface area (Å²) < 4.78 is 5.23. The van der Waals surface area contributed by atoms with E-state index in [1.807, 2.05) is 62.4 Å². The van der Waals surface area contributed by atoms with Gasteiger partial charge in [0.15, 0.2) is 0 Å². The molecule has 0 radical (unpaired) electrons. The van der Waals surface area contributed by atoms with E-state index in [0.717, 1.165) is 11.1 Å². The van der Waals surface area contributed by atoms with Crippen molar-refractivity contribution in [2.24, 2.45) is 5.92 Å². The number of nitrogens with one attached hydrogen (secondary N) is 1. The van der Waals surface area contributed by atoms with Crippen LogP contribution in [0.2, 0.25) is 5.02 Å². The zero-order valence-corrected chi connectivity index (χ0v) is 16.6. The molecular formula is C21H25ClN2O3. The maximum Gasteiger partial charge on any atom is 0.408 e. The van der Waals surface area contributed by atoms with Gasteiger partial charge in [0.2, 0.25) is 5.91 Å². The molecule has 0 aromatic heterocycles. The topological polar surface area (TPSA) is 58.6 Å². The highest BCUT2D eigenvalue weighted by Gasteiger charge is 2.27. The van der Waals surface area contributed by atoms with Crippen LogP contribution in [0.1, 0.15) is 25.0 Å². The maximum absolute atomic E-state index is 12.8. The first-order chi connectivity index (χ1) is 12.9. The summed E-state index contributed by atoms with van der Waals surface area (Å²) in [5.74, 6) is -0.259. The highest BCUT2D eigenvalue weighted by molar-refractivity contribution is 6.30. The van der Waals surface area contributed by atoms with Crippen LogP contribution in [0, 0.1) is 5.92 Å². The first kappa shape index (κ1) is 20.8. The summed E-state index contributed by atoms with van der Waals surface area (Å²) in [5, 5.41) is 3.31. The quantitative estimate of drug-likeness (QED) is 0.771. The number of halogens is 1. The number of hydrogen-bond acceptors (Lipinski definition) is 3. The van der Waals surface area contributed by atoms with Crippen molar-refractivity contribution >= 4 is 23.6 Å². The number of amides is 2. The second-order valence-corrected chi connectivity index (χ2v) is 7.19. The number of nitrogens with zero attached hydrogens (tertiary/aromatic N) is 1. The predicted molar refractivity (Wildman–Crippen MR) is 106 cm³/mol. The van der Waals surface area contributed by atoms with E-state index in [0.29, 0.717) is 11.6 Å². The third kappa shape index (κ3) is 6.61. The molecule has 0 aliphatic heterocycles. The first-order valence-electron chi connectivity index (χ1n) is 8.83. The van der Waals surface area contributed by atoms with Crippen LogP contribution in [0.15, 0.2) is 54.6 Å². The smallest absolute Gasteiger partial charge is 0.408 e. The summed E-state index contributed by atoms with van der Waals surface area (Å²) in [7, 11) is 1.70. The van der Waals surface area contributed by atoms with Crippen molar-refractivity contribution in [1.29, 1.82) is 0 Å². The molecule has 5 nitrogen and oxygen atoms in total. The van der Waals surface area contributed by atoms with Crippen molar-refractivity contribution in [3.63, 3.8) is 0 Å². The molecule has 0 saturated carbocycles. The van der Waals surface area contributed by atoms with Crippen LogP contribution < -0.4 is 5.32 Å². The Morgan fingerprint density at radius 3 is 2.37 bits per heavy atom. The average Bonchev–Trinajstić information content (AvgIpc) is 2.64. The van der Waals surface area contributed by atoms with Crippen LogP contribution in [0.25, 0.3) is 0 Å². The number of alkyl carbamates (subject to hydrolysis) is 1. The van der Waals surface area contributed by atoms with Gasteiger partial charge in [-0.1, -0.05) is 67.9 Å². The number of rotatable bonds is 7. The standard InChI is InChI=1S/C21H25ClN2O3/c1-15(2)19(23-21(26)27-14-16-8-5-4-6-9-16)20(25)24(3)13-17-10-7-11-18(22)12-17/h4-12,15,19H,13-14H2,1-3H3,(H,23,26)/t19-/m0/s1. The zero-order chi connectivity index (χ0) is 19.8. The van der Waals surface area contributed by atoms with Gasteiger partial charge < -0.3 is 15.0 Å².